The van der Waals surface area contributed by atoms with Gasteiger partial charge in [0.05, 0.1) is 10.7 Å². The van der Waals surface area contributed by atoms with Gasteiger partial charge in [-0.3, -0.25) is 4.72 Å². The molecule has 0 aliphatic rings. The van der Waals surface area contributed by atoms with Crippen LogP contribution in [0.15, 0.2) is 33.6 Å². The first kappa shape index (κ1) is 15.6. The predicted molar refractivity (Wildman–Crippen MR) is 84.3 cm³/mol. The van der Waals surface area contributed by atoms with Crippen molar-refractivity contribution in [3.8, 4) is 0 Å². The van der Waals surface area contributed by atoms with E-state index in [4.69, 9.17) is 21.1 Å². The van der Waals surface area contributed by atoms with Gasteiger partial charge in [-0.15, -0.1) is 0 Å². The van der Waals surface area contributed by atoms with Gasteiger partial charge in [-0.25, -0.2) is 8.42 Å². The first-order valence-corrected chi connectivity index (χ1v) is 8.45. The maximum absolute atomic E-state index is 12.3. The second-order valence-electron chi connectivity index (χ2n) is 4.02. The summed E-state index contributed by atoms with van der Waals surface area (Å²) in [6.45, 7) is 1.16. The Kier molecular flexibility index (Phi) is 4.62. The van der Waals surface area contributed by atoms with Crippen LogP contribution in [0.1, 0.15) is 11.5 Å². The summed E-state index contributed by atoms with van der Waals surface area (Å²) >= 11 is 8.08. The summed E-state index contributed by atoms with van der Waals surface area (Å²) in [5, 5.41) is 9.28. The molecule has 8 heteroatoms. The van der Waals surface area contributed by atoms with Gasteiger partial charge in [0.25, 0.3) is 10.0 Å². The Hall–Kier alpha value is -0.770. The minimum Gasteiger partial charge on any atom is -0.462 e. The molecule has 2 aromatic rings. The zero-order valence-electron chi connectivity index (χ0n) is 10.4. The van der Waals surface area contributed by atoms with Gasteiger partial charge >= 0.3 is 0 Å². The van der Waals surface area contributed by atoms with Gasteiger partial charge in [-0.2, -0.15) is 0 Å². The molecule has 1 aromatic carbocycles. The van der Waals surface area contributed by atoms with Crippen LogP contribution in [0.4, 0.5) is 5.69 Å². The van der Waals surface area contributed by atoms with Crippen molar-refractivity contribution in [2.45, 2.75) is 18.4 Å². The second kappa shape index (κ2) is 5.92. The molecule has 0 saturated carbocycles. The maximum Gasteiger partial charge on any atom is 0.265 e. The highest BCUT2D eigenvalue weighted by Crippen LogP contribution is 2.28. The Balaban J connectivity index is 2.38. The van der Waals surface area contributed by atoms with Crippen LogP contribution in [0.25, 0.3) is 0 Å². The lowest BCUT2D eigenvalue weighted by Gasteiger charge is -2.09. The molecule has 0 bridgehead atoms. The highest BCUT2D eigenvalue weighted by Gasteiger charge is 2.22. The highest BCUT2D eigenvalue weighted by atomic mass is 127. The Morgan fingerprint density at radius 2 is 2.10 bits per heavy atom. The van der Waals surface area contributed by atoms with Gasteiger partial charge in [0.2, 0.25) is 0 Å². The van der Waals surface area contributed by atoms with Crippen molar-refractivity contribution < 1.29 is 17.9 Å². The van der Waals surface area contributed by atoms with Crippen LogP contribution in [-0.2, 0) is 16.6 Å². The van der Waals surface area contributed by atoms with E-state index in [1.807, 2.05) is 0 Å². The molecule has 0 spiro atoms. The van der Waals surface area contributed by atoms with E-state index in [0.29, 0.717) is 10.7 Å². The van der Waals surface area contributed by atoms with Gasteiger partial charge in [0, 0.05) is 9.64 Å². The predicted octanol–water partition coefficient (Wildman–Crippen LogP) is 3.14. The van der Waals surface area contributed by atoms with Crippen LogP contribution in [0.3, 0.4) is 0 Å². The number of furan rings is 1. The maximum atomic E-state index is 12.3. The van der Waals surface area contributed by atoms with Crippen molar-refractivity contribution in [1.29, 1.82) is 0 Å². The molecule has 0 fully saturated rings. The fourth-order valence-electron chi connectivity index (χ4n) is 1.64. The Bertz CT molecular complexity index is 742. The summed E-state index contributed by atoms with van der Waals surface area (Å²) in [6.07, 6.45) is 0. The molecule has 1 heterocycles. The van der Waals surface area contributed by atoms with Crippen LogP contribution in [0.5, 0.6) is 0 Å². The van der Waals surface area contributed by atoms with E-state index < -0.39 is 10.0 Å². The largest absolute Gasteiger partial charge is 0.462 e. The topological polar surface area (TPSA) is 79.5 Å². The lowest BCUT2D eigenvalue weighted by molar-refractivity contribution is 0.245. The molecule has 0 saturated heterocycles. The van der Waals surface area contributed by atoms with Crippen molar-refractivity contribution in [2.75, 3.05) is 4.72 Å². The molecular formula is C12H11ClINO4S. The standard InChI is InChI=1S/C12H11ClINO4S/c1-7-12(5-9(6-16)19-7)20(17,18)15-11-3-2-8(14)4-10(11)13/h2-5,15-16H,6H2,1H3. The van der Waals surface area contributed by atoms with Crippen molar-refractivity contribution in [3.63, 3.8) is 0 Å². The third kappa shape index (κ3) is 3.27. The van der Waals surface area contributed by atoms with Crippen molar-refractivity contribution in [3.05, 3.63) is 44.4 Å². The quantitative estimate of drug-likeness (QED) is 0.735. The number of benzene rings is 1. The van der Waals surface area contributed by atoms with Crippen molar-refractivity contribution in [2.24, 2.45) is 0 Å². The fourth-order valence-corrected chi connectivity index (χ4v) is 3.88. The van der Waals surface area contributed by atoms with Gasteiger partial charge in [-0.1, -0.05) is 11.6 Å². The monoisotopic (exact) mass is 427 g/mol. The molecule has 108 valence electrons. The van der Waals surface area contributed by atoms with E-state index in [1.54, 1.807) is 18.2 Å². The average molecular weight is 428 g/mol. The van der Waals surface area contributed by atoms with E-state index in [-0.39, 0.29) is 23.0 Å². The number of halogens is 2. The lowest BCUT2D eigenvalue weighted by atomic mass is 10.3. The number of aliphatic hydroxyl groups is 1. The molecular weight excluding hydrogens is 417 g/mol. The lowest BCUT2D eigenvalue weighted by Crippen LogP contribution is -2.13. The Morgan fingerprint density at radius 1 is 1.40 bits per heavy atom. The second-order valence-corrected chi connectivity index (χ2v) is 7.32. The summed E-state index contributed by atoms with van der Waals surface area (Å²) in [7, 11) is -3.81. The van der Waals surface area contributed by atoms with Crippen molar-refractivity contribution >= 4 is 49.9 Å². The normalized spacial score (nSPS) is 11.6. The third-order valence-corrected chi connectivity index (χ3v) is 5.00. The molecule has 2 N–H and O–H groups in total. The van der Waals surface area contributed by atoms with E-state index in [0.717, 1.165) is 3.57 Å². The average Bonchev–Trinajstić information content (AvgIpc) is 2.75. The summed E-state index contributed by atoms with van der Waals surface area (Å²) in [5.74, 6) is 0.403. The van der Waals surface area contributed by atoms with Crippen LogP contribution < -0.4 is 4.72 Å². The Labute approximate surface area is 135 Å². The molecule has 2 rings (SSSR count). The highest BCUT2D eigenvalue weighted by molar-refractivity contribution is 14.1. The van der Waals surface area contributed by atoms with E-state index in [2.05, 4.69) is 27.3 Å². The Morgan fingerprint density at radius 3 is 2.65 bits per heavy atom. The summed E-state index contributed by atoms with van der Waals surface area (Å²) < 4.78 is 33.0. The number of aliphatic hydroxyl groups excluding tert-OH is 1. The van der Waals surface area contributed by atoms with Crippen LogP contribution in [0, 0.1) is 10.5 Å². The van der Waals surface area contributed by atoms with E-state index >= 15 is 0 Å². The number of rotatable bonds is 4. The molecule has 0 aliphatic carbocycles. The van der Waals surface area contributed by atoms with Crippen molar-refractivity contribution in [1.82, 2.24) is 0 Å². The van der Waals surface area contributed by atoms with Gasteiger partial charge in [-0.05, 0) is 47.7 Å². The number of anilines is 1. The fraction of sp³-hybridized carbons (Fsp3) is 0.167. The van der Waals surface area contributed by atoms with E-state index in [1.165, 1.54) is 13.0 Å². The molecule has 0 atom stereocenters. The summed E-state index contributed by atoms with van der Waals surface area (Å²) in [5.41, 5.74) is 0.290. The molecule has 0 aliphatic heterocycles. The number of hydrogen-bond donors (Lipinski definition) is 2. The molecule has 0 radical (unpaired) electrons. The summed E-state index contributed by atoms with van der Waals surface area (Å²) in [6, 6.07) is 6.27. The number of hydrogen-bond acceptors (Lipinski definition) is 4. The first-order chi connectivity index (χ1) is 9.33. The molecule has 20 heavy (non-hydrogen) atoms. The smallest absolute Gasteiger partial charge is 0.265 e. The van der Waals surface area contributed by atoms with Gasteiger partial charge < -0.3 is 9.52 Å². The minimum atomic E-state index is -3.81. The first-order valence-electron chi connectivity index (χ1n) is 5.51. The zero-order chi connectivity index (χ0) is 14.9. The third-order valence-electron chi connectivity index (χ3n) is 2.54. The number of aryl methyl sites for hydroxylation is 1. The SMILES string of the molecule is Cc1oc(CO)cc1S(=O)(=O)Nc1ccc(I)cc1Cl. The van der Waals surface area contributed by atoms with Crippen LogP contribution in [-0.4, -0.2) is 13.5 Å². The number of nitrogens with one attached hydrogen (secondary N) is 1. The van der Waals surface area contributed by atoms with E-state index in [9.17, 15) is 8.42 Å². The molecule has 1 aromatic heterocycles. The van der Waals surface area contributed by atoms with Gasteiger partial charge in [0.15, 0.2) is 0 Å². The minimum absolute atomic E-state index is 0.0174. The van der Waals surface area contributed by atoms with Crippen LogP contribution in [0.2, 0.25) is 5.02 Å². The van der Waals surface area contributed by atoms with Crippen LogP contribution >= 0.6 is 34.2 Å². The van der Waals surface area contributed by atoms with Gasteiger partial charge in [0.1, 0.15) is 23.0 Å². The molecule has 0 unspecified atom stereocenters. The molecule has 5 nitrogen and oxygen atoms in total. The molecule has 0 amide bonds. The summed E-state index contributed by atoms with van der Waals surface area (Å²) in [4.78, 5) is -0.0174. The zero-order valence-corrected chi connectivity index (χ0v) is 14.1. The number of sulfonamides is 1.